The summed E-state index contributed by atoms with van der Waals surface area (Å²) in [5.41, 5.74) is 5.21. The number of aromatic nitrogens is 1. The first-order valence-corrected chi connectivity index (χ1v) is 13.0. The van der Waals surface area contributed by atoms with E-state index >= 15 is 0 Å². The lowest BCUT2D eigenvalue weighted by atomic mass is 10.0. The highest BCUT2D eigenvalue weighted by Gasteiger charge is 2.31. The van der Waals surface area contributed by atoms with E-state index in [9.17, 15) is 8.42 Å². The Hall–Kier alpha value is -1.64. The maximum absolute atomic E-state index is 13.1. The minimum atomic E-state index is -3.69. The monoisotopic (exact) mass is 495 g/mol. The highest BCUT2D eigenvalue weighted by Crippen LogP contribution is 2.34. The Balaban J connectivity index is 1.51. The van der Waals surface area contributed by atoms with Gasteiger partial charge in [-0.1, -0.05) is 41.4 Å². The van der Waals surface area contributed by atoms with Gasteiger partial charge in [0.15, 0.2) is 5.13 Å². The van der Waals surface area contributed by atoms with E-state index in [1.165, 1.54) is 27.1 Å². The van der Waals surface area contributed by atoms with E-state index in [1.807, 2.05) is 0 Å². The van der Waals surface area contributed by atoms with Crippen LogP contribution in [0.2, 0.25) is 10.0 Å². The van der Waals surface area contributed by atoms with Crippen LogP contribution in [-0.2, 0) is 10.0 Å². The summed E-state index contributed by atoms with van der Waals surface area (Å²) in [5.74, 6) is 0. The van der Waals surface area contributed by atoms with Crippen molar-refractivity contribution in [3.63, 3.8) is 0 Å². The number of benzene rings is 2. The van der Waals surface area contributed by atoms with Gasteiger partial charge in [0, 0.05) is 42.1 Å². The van der Waals surface area contributed by atoms with Gasteiger partial charge in [-0.15, -0.1) is 11.3 Å². The number of sulfonamides is 1. The van der Waals surface area contributed by atoms with Crippen LogP contribution >= 0.6 is 34.5 Å². The predicted octanol–water partition coefficient (Wildman–Crippen LogP) is 5.55. The van der Waals surface area contributed by atoms with Crippen molar-refractivity contribution >= 4 is 49.7 Å². The van der Waals surface area contributed by atoms with Crippen molar-refractivity contribution in [3.8, 4) is 11.3 Å². The number of piperazine rings is 1. The van der Waals surface area contributed by atoms with E-state index in [4.69, 9.17) is 28.2 Å². The molecule has 0 amide bonds. The Bertz CT molecular complexity index is 1210. The predicted molar refractivity (Wildman–Crippen MR) is 129 cm³/mol. The molecule has 0 N–H and O–H groups in total. The summed E-state index contributed by atoms with van der Waals surface area (Å²) in [4.78, 5) is 7.10. The summed E-state index contributed by atoms with van der Waals surface area (Å²) in [6, 6.07) is 9.27. The van der Waals surface area contributed by atoms with Gasteiger partial charge < -0.3 is 4.90 Å². The van der Waals surface area contributed by atoms with E-state index in [1.54, 1.807) is 24.3 Å². The molecule has 9 heteroatoms. The van der Waals surface area contributed by atoms with Crippen LogP contribution in [0.15, 0.2) is 40.6 Å². The molecule has 5 nitrogen and oxygen atoms in total. The fraction of sp³-hybridized carbons (Fsp3) is 0.318. The van der Waals surface area contributed by atoms with Gasteiger partial charge in [0.05, 0.1) is 10.7 Å². The minimum absolute atomic E-state index is 0.107. The number of aryl methyl sites for hydroxylation is 3. The summed E-state index contributed by atoms with van der Waals surface area (Å²) in [5, 5.41) is 3.59. The largest absolute Gasteiger partial charge is 0.345 e. The van der Waals surface area contributed by atoms with Crippen molar-refractivity contribution < 1.29 is 8.42 Å². The van der Waals surface area contributed by atoms with Crippen LogP contribution in [0, 0.1) is 20.8 Å². The fourth-order valence-electron chi connectivity index (χ4n) is 3.83. The lowest BCUT2D eigenvalue weighted by Gasteiger charge is -2.34. The molecule has 1 saturated heterocycles. The third kappa shape index (κ3) is 4.34. The Kier molecular flexibility index (Phi) is 6.34. The van der Waals surface area contributed by atoms with Gasteiger partial charge in [-0.3, -0.25) is 0 Å². The Morgan fingerprint density at radius 3 is 2.23 bits per heavy atom. The summed E-state index contributed by atoms with van der Waals surface area (Å²) < 4.78 is 27.8. The highest BCUT2D eigenvalue weighted by molar-refractivity contribution is 7.89. The Morgan fingerprint density at radius 2 is 1.58 bits per heavy atom. The molecule has 2 aromatic carbocycles. The molecular weight excluding hydrogens is 473 g/mol. The lowest BCUT2D eigenvalue weighted by Crippen LogP contribution is -2.48. The van der Waals surface area contributed by atoms with Crippen molar-refractivity contribution in [1.82, 2.24) is 9.29 Å². The number of hydrogen-bond acceptors (Lipinski definition) is 5. The molecule has 0 unspecified atom stereocenters. The highest BCUT2D eigenvalue weighted by atomic mass is 35.5. The average Bonchev–Trinajstić information content (AvgIpc) is 3.20. The molecule has 31 heavy (non-hydrogen) atoms. The zero-order chi connectivity index (χ0) is 22.3. The number of rotatable bonds is 4. The van der Waals surface area contributed by atoms with Gasteiger partial charge in [-0.25, -0.2) is 13.4 Å². The first kappa shape index (κ1) is 22.6. The average molecular weight is 496 g/mol. The number of nitrogens with zero attached hydrogens (tertiary/aromatic N) is 3. The molecule has 0 spiro atoms. The van der Waals surface area contributed by atoms with Crippen LogP contribution in [0.3, 0.4) is 0 Å². The summed E-state index contributed by atoms with van der Waals surface area (Å²) >= 11 is 13.9. The van der Waals surface area contributed by atoms with E-state index in [-0.39, 0.29) is 9.92 Å². The van der Waals surface area contributed by atoms with E-state index < -0.39 is 10.0 Å². The maximum Gasteiger partial charge on any atom is 0.244 e. The van der Waals surface area contributed by atoms with Crippen LogP contribution in [0.4, 0.5) is 5.13 Å². The van der Waals surface area contributed by atoms with Crippen molar-refractivity contribution in [3.05, 3.63) is 62.4 Å². The van der Waals surface area contributed by atoms with Crippen LogP contribution in [0.5, 0.6) is 0 Å². The quantitative estimate of drug-likeness (QED) is 0.475. The molecule has 1 aliphatic heterocycles. The van der Waals surface area contributed by atoms with Crippen molar-refractivity contribution in [2.24, 2.45) is 0 Å². The van der Waals surface area contributed by atoms with Crippen LogP contribution < -0.4 is 4.90 Å². The minimum Gasteiger partial charge on any atom is -0.345 e. The molecule has 1 aliphatic rings. The first-order valence-electron chi connectivity index (χ1n) is 9.91. The number of thiazole rings is 1. The Morgan fingerprint density at radius 1 is 0.935 bits per heavy atom. The van der Waals surface area contributed by atoms with Gasteiger partial charge in [-0.05, 0) is 49.6 Å². The lowest BCUT2D eigenvalue weighted by molar-refractivity contribution is 0.385. The Labute approximate surface area is 197 Å². The molecule has 2 heterocycles. The van der Waals surface area contributed by atoms with Gasteiger partial charge in [0.2, 0.25) is 10.0 Å². The van der Waals surface area contributed by atoms with Crippen molar-refractivity contribution in [2.75, 3.05) is 31.1 Å². The smallest absolute Gasteiger partial charge is 0.244 e. The second-order valence-corrected chi connectivity index (χ2v) is 11.3. The topological polar surface area (TPSA) is 53.5 Å². The van der Waals surface area contributed by atoms with E-state index in [0.717, 1.165) is 10.8 Å². The molecule has 1 fully saturated rings. The molecule has 164 valence electrons. The number of halogens is 2. The van der Waals surface area contributed by atoms with Crippen molar-refractivity contribution in [2.45, 2.75) is 25.7 Å². The molecule has 3 aromatic rings. The van der Waals surface area contributed by atoms with E-state index in [0.29, 0.717) is 36.8 Å². The second kappa shape index (κ2) is 8.71. The summed E-state index contributed by atoms with van der Waals surface area (Å²) in [6.45, 7) is 7.85. The number of anilines is 1. The normalized spacial score (nSPS) is 15.5. The van der Waals surface area contributed by atoms with Crippen molar-refractivity contribution in [1.29, 1.82) is 0 Å². The molecule has 0 bridgehead atoms. The standard InChI is InChI=1S/C22H23Cl2N3O2S2/c1-14-5-4-6-15(2)21(14)19-13-30-22(25-19)26-7-9-27(10-8-26)31(28,29)20-11-16(3)17(23)12-18(20)24/h4-6,11-13H,7-10H2,1-3H3. The molecule has 1 aromatic heterocycles. The third-order valence-corrected chi connectivity index (χ3v) is 9.24. The molecule has 0 radical (unpaired) electrons. The number of hydrogen-bond donors (Lipinski definition) is 0. The van der Waals surface area contributed by atoms with Gasteiger partial charge in [-0.2, -0.15) is 4.31 Å². The van der Waals surface area contributed by atoms with Crippen LogP contribution in [0.25, 0.3) is 11.3 Å². The zero-order valence-electron chi connectivity index (χ0n) is 17.5. The zero-order valence-corrected chi connectivity index (χ0v) is 20.7. The van der Waals surface area contributed by atoms with E-state index in [2.05, 4.69) is 42.3 Å². The first-order chi connectivity index (χ1) is 14.7. The second-order valence-electron chi connectivity index (χ2n) is 7.71. The molecule has 0 aliphatic carbocycles. The van der Waals surface area contributed by atoms with Gasteiger partial charge >= 0.3 is 0 Å². The molecule has 0 saturated carbocycles. The SMILES string of the molecule is Cc1cc(S(=O)(=O)N2CCN(c3nc(-c4c(C)cccc4C)cs3)CC2)c(Cl)cc1Cl. The van der Waals surface area contributed by atoms with Crippen LogP contribution in [0.1, 0.15) is 16.7 Å². The summed E-state index contributed by atoms with van der Waals surface area (Å²) in [7, 11) is -3.69. The maximum atomic E-state index is 13.1. The van der Waals surface area contributed by atoms with Gasteiger partial charge in [0.25, 0.3) is 0 Å². The molecular formula is C22H23Cl2N3O2S2. The third-order valence-electron chi connectivity index (χ3n) is 5.57. The molecule has 4 rings (SSSR count). The van der Waals surface area contributed by atoms with Gasteiger partial charge in [0.1, 0.15) is 4.90 Å². The summed E-state index contributed by atoms with van der Waals surface area (Å²) in [6.07, 6.45) is 0. The van der Waals surface area contributed by atoms with Crippen LogP contribution in [-0.4, -0.2) is 43.9 Å². The molecule has 0 atom stereocenters. The fourth-order valence-corrected chi connectivity index (χ4v) is 6.93.